The van der Waals surface area contributed by atoms with Gasteiger partial charge in [0.1, 0.15) is 11.2 Å². The first-order chi connectivity index (χ1) is 9.30. The largest absolute Gasteiger partial charge is 0.384 e. The van der Waals surface area contributed by atoms with E-state index in [0.717, 1.165) is 10.2 Å². The molecule has 1 aromatic carbocycles. The number of halogens is 1. The SMILES string of the molecule is CS(=O)(=O)C1CSCCN1c1ccc(Br)cc1C(=N)N. The Morgan fingerprint density at radius 2 is 2.25 bits per heavy atom. The van der Waals surface area contributed by atoms with Gasteiger partial charge in [-0.25, -0.2) is 8.42 Å². The minimum atomic E-state index is -3.19. The number of anilines is 1. The molecule has 8 heteroatoms. The number of nitrogens with one attached hydrogen (secondary N) is 1. The second-order valence-corrected chi connectivity index (χ2v) is 8.90. The molecule has 0 amide bonds. The summed E-state index contributed by atoms with van der Waals surface area (Å²) in [5, 5.41) is 7.12. The van der Waals surface area contributed by atoms with Crippen LogP contribution in [-0.4, -0.2) is 43.9 Å². The molecule has 1 unspecified atom stereocenters. The average Bonchev–Trinajstić information content (AvgIpc) is 2.37. The van der Waals surface area contributed by atoms with Crippen LogP contribution in [0.15, 0.2) is 22.7 Å². The minimum Gasteiger partial charge on any atom is -0.384 e. The van der Waals surface area contributed by atoms with Crippen LogP contribution in [0.3, 0.4) is 0 Å². The molecule has 110 valence electrons. The highest BCUT2D eigenvalue weighted by atomic mass is 79.9. The molecule has 1 aromatic rings. The van der Waals surface area contributed by atoms with E-state index in [-0.39, 0.29) is 5.84 Å². The fourth-order valence-electron chi connectivity index (χ4n) is 2.19. The van der Waals surface area contributed by atoms with Crippen molar-refractivity contribution in [2.45, 2.75) is 5.37 Å². The molecule has 0 aromatic heterocycles. The normalized spacial score (nSPS) is 19.9. The van der Waals surface area contributed by atoms with Gasteiger partial charge < -0.3 is 10.6 Å². The summed E-state index contributed by atoms with van der Waals surface area (Å²) in [6.07, 6.45) is 1.25. The first kappa shape index (κ1) is 15.7. The van der Waals surface area contributed by atoms with Crippen molar-refractivity contribution >= 4 is 49.1 Å². The van der Waals surface area contributed by atoms with E-state index in [2.05, 4.69) is 15.9 Å². The molecule has 1 atom stereocenters. The Labute approximate surface area is 131 Å². The topological polar surface area (TPSA) is 87.2 Å². The predicted octanol–water partition coefficient (Wildman–Crippen LogP) is 1.66. The predicted molar refractivity (Wildman–Crippen MR) is 88.5 cm³/mol. The van der Waals surface area contributed by atoms with E-state index in [9.17, 15) is 8.42 Å². The molecule has 1 aliphatic rings. The smallest absolute Gasteiger partial charge is 0.169 e. The van der Waals surface area contributed by atoms with E-state index in [1.54, 1.807) is 17.8 Å². The number of sulfone groups is 1. The molecule has 0 bridgehead atoms. The zero-order chi connectivity index (χ0) is 14.9. The monoisotopic (exact) mass is 377 g/mol. The van der Waals surface area contributed by atoms with Gasteiger partial charge in [-0.1, -0.05) is 15.9 Å². The summed E-state index contributed by atoms with van der Waals surface area (Å²) in [6.45, 7) is 0.629. The van der Waals surface area contributed by atoms with Crippen LogP contribution in [0.25, 0.3) is 0 Å². The van der Waals surface area contributed by atoms with E-state index in [1.807, 2.05) is 17.0 Å². The maximum Gasteiger partial charge on any atom is 0.169 e. The van der Waals surface area contributed by atoms with Gasteiger partial charge in [0.2, 0.25) is 0 Å². The van der Waals surface area contributed by atoms with Gasteiger partial charge in [0, 0.05) is 40.0 Å². The van der Waals surface area contributed by atoms with E-state index in [0.29, 0.717) is 23.5 Å². The number of rotatable bonds is 3. The number of thioether (sulfide) groups is 1. The van der Waals surface area contributed by atoms with Crippen LogP contribution in [0.5, 0.6) is 0 Å². The van der Waals surface area contributed by atoms with Crippen LogP contribution < -0.4 is 10.6 Å². The highest BCUT2D eigenvalue weighted by Gasteiger charge is 2.32. The number of benzene rings is 1. The van der Waals surface area contributed by atoms with Gasteiger partial charge in [-0.3, -0.25) is 5.41 Å². The third-order valence-electron chi connectivity index (χ3n) is 3.14. The van der Waals surface area contributed by atoms with Crippen LogP contribution in [0.4, 0.5) is 5.69 Å². The Kier molecular flexibility index (Phi) is 4.66. The summed E-state index contributed by atoms with van der Waals surface area (Å²) < 4.78 is 24.8. The Hall–Kier alpha value is -0.730. The van der Waals surface area contributed by atoms with Gasteiger partial charge in [0.05, 0.1) is 0 Å². The van der Waals surface area contributed by atoms with Crippen molar-refractivity contribution in [2.24, 2.45) is 5.73 Å². The average molecular weight is 378 g/mol. The van der Waals surface area contributed by atoms with Gasteiger partial charge in [0.25, 0.3) is 0 Å². The summed E-state index contributed by atoms with van der Waals surface area (Å²) in [5.74, 6) is 1.33. The van der Waals surface area contributed by atoms with Crippen molar-refractivity contribution < 1.29 is 8.42 Å². The molecule has 0 radical (unpaired) electrons. The van der Waals surface area contributed by atoms with Gasteiger partial charge in [0.15, 0.2) is 9.84 Å². The van der Waals surface area contributed by atoms with Crippen LogP contribution >= 0.6 is 27.7 Å². The fraction of sp³-hybridized carbons (Fsp3) is 0.417. The van der Waals surface area contributed by atoms with E-state index in [4.69, 9.17) is 11.1 Å². The lowest BCUT2D eigenvalue weighted by atomic mass is 10.1. The van der Waals surface area contributed by atoms with E-state index < -0.39 is 15.2 Å². The van der Waals surface area contributed by atoms with Crippen molar-refractivity contribution in [2.75, 3.05) is 29.2 Å². The standard InChI is InChI=1S/C12H16BrN3O2S2/c1-20(17,18)11-7-19-5-4-16(11)10-3-2-8(13)6-9(10)12(14)15/h2-3,6,11H,4-5,7H2,1H3,(H3,14,15). The van der Waals surface area contributed by atoms with Crippen LogP contribution in [0.2, 0.25) is 0 Å². The zero-order valence-electron chi connectivity index (χ0n) is 11.0. The molecule has 1 aliphatic heterocycles. The molecule has 1 fully saturated rings. The second-order valence-electron chi connectivity index (χ2n) is 4.63. The van der Waals surface area contributed by atoms with Gasteiger partial charge in [-0.05, 0) is 18.2 Å². The number of nitrogens with zero attached hydrogens (tertiary/aromatic N) is 1. The quantitative estimate of drug-likeness (QED) is 0.617. The van der Waals surface area contributed by atoms with Crippen molar-refractivity contribution in [3.63, 3.8) is 0 Å². The van der Waals surface area contributed by atoms with E-state index >= 15 is 0 Å². The van der Waals surface area contributed by atoms with Gasteiger partial charge in [-0.15, -0.1) is 0 Å². The molecule has 2 rings (SSSR count). The summed E-state index contributed by atoms with van der Waals surface area (Å²) in [7, 11) is -3.19. The van der Waals surface area contributed by atoms with Gasteiger partial charge in [-0.2, -0.15) is 11.8 Å². The Morgan fingerprint density at radius 3 is 2.85 bits per heavy atom. The minimum absolute atomic E-state index is 0.0632. The third kappa shape index (κ3) is 3.29. The Balaban J connectivity index is 2.50. The lowest BCUT2D eigenvalue weighted by Gasteiger charge is -2.37. The molecule has 20 heavy (non-hydrogen) atoms. The molecular formula is C12H16BrN3O2S2. The van der Waals surface area contributed by atoms with Crippen LogP contribution in [0, 0.1) is 5.41 Å². The summed E-state index contributed by atoms with van der Waals surface area (Å²) in [6, 6.07) is 5.40. The molecule has 0 aliphatic carbocycles. The molecule has 1 saturated heterocycles. The van der Waals surface area contributed by atoms with Crippen molar-refractivity contribution in [1.29, 1.82) is 5.41 Å². The molecule has 0 saturated carbocycles. The maximum atomic E-state index is 12.0. The molecule has 1 heterocycles. The summed E-state index contributed by atoms with van der Waals surface area (Å²) in [5.41, 5.74) is 6.89. The number of nitrogens with two attached hydrogens (primary N) is 1. The number of hydrogen-bond donors (Lipinski definition) is 2. The number of hydrogen-bond acceptors (Lipinski definition) is 5. The van der Waals surface area contributed by atoms with E-state index in [1.165, 1.54) is 6.26 Å². The second kappa shape index (κ2) is 5.95. The Bertz CT molecular complexity index is 634. The molecule has 3 N–H and O–H groups in total. The number of amidine groups is 1. The molecule has 5 nitrogen and oxygen atoms in total. The van der Waals surface area contributed by atoms with Crippen molar-refractivity contribution in [3.8, 4) is 0 Å². The van der Waals surface area contributed by atoms with Crippen molar-refractivity contribution in [3.05, 3.63) is 28.2 Å². The summed E-state index contributed by atoms with van der Waals surface area (Å²) >= 11 is 4.98. The Morgan fingerprint density at radius 1 is 1.55 bits per heavy atom. The third-order valence-corrected chi connectivity index (χ3v) is 6.27. The highest BCUT2D eigenvalue weighted by Crippen LogP contribution is 2.31. The fourth-order valence-corrected chi connectivity index (χ4v) is 5.38. The van der Waals surface area contributed by atoms with Crippen LogP contribution in [-0.2, 0) is 9.84 Å². The van der Waals surface area contributed by atoms with Crippen molar-refractivity contribution in [1.82, 2.24) is 0 Å². The first-order valence-corrected chi connectivity index (χ1v) is 9.88. The summed E-state index contributed by atoms with van der Waals surface area (Å²) in [4.78, 5) is 1.84. The zero-order valence-corrected chi connectivity index (χ0v) is 14.2. The lowest BCUT2D eigenvalue weighted by molar-refractivity contribution is 0.584. The number of nitrogen functional groups attached to an aromatic ring is 1. The lowest BCUT2D eigenvalue weighted by Crippen LogP contribution is -2.47. The molecular weight excluding hydrogens is 362 g/mol. The maximum absolute atomic E-state index is 12.0. The van der Waals surface area contributed by atoms with Gasteiger partial charge >= 0.3 is 0 Å². The highest BCUT2D eigenvalue weighted by molar-refractivity contribution is 9.10. The first-order valence-electron chi connectivity index (χ1n) is 5.98. The molecule has 0 spiro atoms. The van der Waals surface area contributed by atoms with Crippen LogP contribution in [0.1, 0.15) is 5.56 Å².